The molecule has 32 heavy (non-hydrogen) atoms. The molecule has 1 fully saturated rings. The Morgan fingerprint density at radius 2 is 1.91 bits per heavy atom. The Labute approximate surface area is 186 Å². The van der Waals surface area contributed by atoms with Gasteiger partial charge < -0.3 is 35.1 Å². The van der Waals surface area contributed by atoms with Gasteiger partial charge in [-0.25, -0.2) is 0 Å². The number of aliphatic hydroxyl groups is 4. The topological polar surface area (TPSA) is 142 Å². The number of aliphatic hydroxyl groups excluding tert-OH is 4. The van der Waals surface area contributed by atoms with Crippen molar-refractivity contribution in [2.75, 3.05) is 7.11 Å². The Morgan fingerprint density at radius 1 is 1.22 bits per heavy atom. The molecule has 3 rings (SSSR count). The van der Waals surface area contributed by atoms with Crippen molar-refractivity contribution in [2.24, 2.45) is 17.8 Å². The summed E-state index contributed by atoms with van der Waals surface area (Å²) >= 11 is 0. The summed E-state index contributed by atoms with van der Waals surface area (Å²) in [5, 5.41) is 51.2. The number of methoxy groups -OCH3 is 1. The molecule has 2 aliphatic rings. The third-order valence-corrected chi connectivity index (χ3v) is 6.67. The fourth-order valence-corrected chi connectivity index (χ4v) is 5.15. The molecule has 9 nitrogen and oxygen atoms in total. The third kappa shape index (κ3) is 4.49. The minimum absolute atomic E-state index is 0.00814. The van der Waals surface area contributed by atoms with Gasteiger partial charge in [-0.15, -0.1) is 6.58 Å². The smallest absolute Gasteiger partial charge is 0.290 e. The highest BCUT2D eigenvalue weighted by molar-refractivity contribution is 5.35. The average molecular weight is 452 g/mol. The van der Waals surface area contributed by atoms with Crippen LogP contribution in [0.5, 0.6) is 5.75 Å². The van der Waals surface area contributed by atoms with E-state index in [9.17, 15) is 30.3 Å². The van der Waals surface area contributed by atoms with Crippen LogP contribution in [0.2, 0.25) is 0 Å². The standard InChI is InChI=1S/C23H33NO8/c1-5-13-9-11(2)8-12(3)17(13)18-15(25)6-7-24(22(18)29)32-21-14(23(30)31-4)10-16(26)19(27)20(21)28/h5-7,10-13,16-17,19-21,23,25-28,30H,1,8-9H2,2-4H3/t11-,12+,13-,16+,17-,19+,20+,21+,23?/m1/s1. The molecular formula is C23H33NO8. The van der Waals surface area contributed by atoms with Crippen LogP contribution < -0.4 is 10.4 Å². The van der Waals surface area contributed by atoms with Crippen molar-refractivity contribution in [1.29, 1.82) is 0 Å². The molecule has 1 aromatic heterocycles. The van der Waals surface area contributed by atoms with Crippen LogP contribution in [0.25, 0.3) is 0 Å². The van der Waals surface area contributed by atoms with Crippen molar-refractivity contribution in [2.45, 2.75) is 63.3 Å². The monoisotopic (exact) mass is 451 g/mol. The van der Waals surface area contributed by atoms with E-state index in [0.717, 1.165) is 23.6 Å². The number of pyridine rings is 1. The van der Waals surface area contributed by atoms with Crippen LogP contribution in [-0.4, -0.2) is 68.1 Å². The zero-order chi connectivity index (χ0) is 23.7. The van der Waals surface area contributed by atoms with E-state index in [1.165, 1.54) is 19.4 Å². The largest absolute Gasteiger partial charge is 0.507 e. The summed E-state index contributed by atoms with van der Waals surface area (Å²) in [6.07, 6.45) is -1.72. The lowest BCUT2D eigenvalue weighted by atomic mass is 9.66. The molecule has 2 aliphatic carbocycles. The minimum Gasteiger partial charge on any atom is -0.507 e. The quantitative estimate of drug-likeness (QED) is 0.307. The van der Waals surface area contributed by atoms with E-state index in [1.807, 2.05) is 13.0 Å². The molecule has 1 saturated carbocycles. The van der Waals surface area contributed by atoms with E-state index in [4.69, 9.17) is 9.57 Å². The zero-order valence-electron chi connectivity index (χ0n) is 18.5. The molecule has 178 valence electrons. The predicted octanol–water partition coefficient (Wildman–Crippen LogP) is 0.290. The molecule has 9 heteroatoms. The van der Waals surface area contributed by atoms with E-state index in [0.29, 0.717) is 5.92 Å². The summed E-state index contributed by atoms with van der Waals surface area (Å²) in [4.78, 5) is 19.1. The van der Waals surface area contributed by atoms with Crippen molar-refractivity contribution in [3.05, 3.63) is 52.5 Å². The van der Waals surface area contributed by atoms with Crippen molar-refractivity contribution < 1.29 is 35.1 Å². The number of allylic oxidation sites excluding steroid dienone is 1. The van der Waals surface area contributed by atoms with Gasteiger partial charge in [0.25, 0.3) is 5.56 Å². The van der Waals surface area contributed by atoms with Crippen molar-refractivity contribution in [3.8, 4) is 5.75 Å². The molecule has 1 aromatic rings. The van der Waals surface area contributed by atoms with Gasteiger partial charge in [0.1, 0.15) is 24.1 Å². The summed E-state index contributed by atoms with van der Waals surface area (Å²) in [5.74, 6) is 0.142. The van der Waals surface area contributed by atoms with Gasteiger partial charge >= 0.3 is 0 Å². The molecule has 1 heterocycles. The number of nitrogens with zero attached hydrogens (tertiary/aromatic N) is 1. The van der Waals surface area contributed by atoms with Crippen molar-refractivity contribution in [1.82, 2.24) is 4.73 Å². The number of hydrogen-bond donors (Lipinski definition) is 5. The van der Waals surface area contributed by atoms with Crippen LogP contribution in [0.3, 0.4) is 0 Å². The Morgan fingerprint density at radius 3 is 2.53 bits per heavy atom. The lowest BCUT2D eigenvalue weighted by Gasteiger charge is -2.39. The molecule has 1 unspecified atom stereocenters. The van der Waals surface area contributed by atoms with Gasteiger partial charge in [-0.2, -0.15) is 4.73 Å². The molecule has 0 aromatic carbocycles. The third-order valence-electron chi connectivity index (χ3n) is 6.67. The number of aromatic nitrogens is 1. The normalized spacial score (nSPS) is 36.3. The van der Waals surface area contributed by atoms with Crippen LogP contribution >= 0.6 is 0 Å². The lowest BCUT2D eigenvalue weighted by Crippen LogP contribution is -2.55. The van der Waals surface area contributed by atoms with Crippen LogP contribution in [-0.2, 0) is 4.74 Å². The average Bonchev–Trinajstić information content (AvgIpc) is 2.75. The summed E-state index contributed by atoms with van der Waals surface area (Å²) in [6.45, 7) is 8.09. The minimum atomic E-state index is -1.64. The highest BCUT2D eigenvalue weighted by Gasteiger charge is 2.43. The van der Waals surface area contributed by atoms with E-state index in [-0.39, 0.29) is 34.6 Å². The molecule has 9 atom stereocenters. The zero-order valence-corrected chi connectivity index (χ0v) is 18.5. The Balaban J connectivity index is 2.02. The summed E-state index contributed by atoms with van der Waals surface area (Å²) in [7, 11) is 1.22. The highest BCUT2D eigenvalue weighted by Crippen LogP contribution is 2.45. The SMILES string of the molecule is C=C[C@@H]1C[C@H](C)C[C@H](C)[C@H]1c1c(O)ccn(O[C@H]2C(C(O)OC)=C[C@H](O)[C@H](O)[C@@H]2O)c1=O. The molecule has 5 N–H and O–H groups in total. The van der Waals surface area contributed by atoms with Gasteiger partial charge in [0.05, 0.1) is 11.8 Å². The summed E-state index contributed by atoms with van der Waals surface area (Å²) < 4.78 is 5.74. The van der Waals surface area contributed by atoms with Crippen LogP contribution in [0, 0.1) is 17.8 Å². The van der Waals surface area contributed by atoms with Crippen molar-refractivity contribution >= 4 is 0 Å². The number of ether oxygens (including phenoxy) is 1. The summed E-state index contributed by atoms with van der Waals surface area (Å²) in [6, 6.07) is 1.33. The number of rotatable bonds is 6. The fourth-order valence-electron chi connectivity index (χ4n) is 5.15. The Hall–Kier alpha value is -2.17. The summed E-state index contributed by atoms with van der Waals surface area (Å²) in [5.41, 5.74) is -0.453. The first kappa shape index (κ1) is 24.5. The number of aromatic hydroxyl groups is 1. The first-order valence-corrected chi connectivity index (χ1v) is 10.8. The Bertz CT molecular complexity index is 912. The molecule has 0 bridgehead atoms. The maximum absolute atomic E-state index is 13.4. The van der Waals surface area contributed by atoms with Gasteiger partial charge in [-0.3, -0.25) is 4.79 Å². The molecular weight excluding hydrogens is 418 g/mol. The van der Waals surface area contributed by atoms with Crippen LogP contribution in [0.15, 0.2) is 41.4 Å². The van der Waals surface area contributed by atoms with Crippen molar-refractivity contribution in [3.63, 3.8) is 0 Å². The van der Waals surface area contributed by atoms with Gasteiger partial charge in [-0.1, -0.05) is 19.9 Å². The first-order chi connectivity index (χ1) is 15.1. The van der Waals surface area contributed by atoms with Gasteiger partial charge in [0.15, 0.2) is 12.4 Å². The van der Waals surface area contributed by atoms with Gasteiger partial charge in [0, 0.05) is 24.7 Å². The molecule has 0 aliphatic heterocycles. The predicted molar refractivity (Wildman–Crippen MR) is 116 cm³/mol. The fraction of sp³-hybridized carbons (Fsp3) is 0.609. The lowest BCUT2D eigenvalue weighted by molar-refractivity contribution is -0.138. The second kappa shape index (κ2) is 9.76. The molecule has 0 amide bonds. The maximum atomic E-state index is 13.4. The maximum Gasteiger partial charge on any atom is 0.290 e. The van der Waals surface area contributed by atoms with E-state index >= 15 is 0 Å². The first-order valence-electron chi connectivity index (χ1n) is 10.8. The highest BCUT2D eigenvalue weighted by atomic mass is 16.7. The van der Waals surface area contributed by atoms with E-state index < -0.39 is 36.3 Å². The van der Waals surface area contributed by atoms with E-state index in [1.54, 1.807) is 0 Å². The van der Waals surface area contributed by atoms with Gasteiger partial charge in [-0.05, 0) is 36.7 Å². The van der Waals surface area contributed by atoms with Crippen LogP contribution in [0.4, 0.5) is 0 Å². The molecule has 0 saturated heterocycles. The Kier molecular flexibility index (Phi) is 7.46. The molecule has 0 radical (unpaired) electrons. The van der Waals surface area contributed by atoms with E-state index in [2.05, 4.69) is 13.5 Å². The number of hydrogen-bond acceptors (Lipinski definition) is 8. The second-order valence-electron chi connectivity index (χ2n) is 8.98. The molecule has 0 spiro atoms. The van der Waals surface area contributed by atoms with Gasteiger partial charge in [0.2, 0.25) is 0 Å². The second-order valence-corrected chi connectivity index (χ2v) is 8.98. The van der Waals surface area contributed by atoms with Crippen LogP contribution in [0.1, 0.15) is 38.2 Å².